The number of aliphatic hydroxyl groups is 1. The molecule has 0 aromatic heterocycles. The van der Waals surface area contributed by atoms with E-state index in [1.165, 1.54) is 0 Å². The maximum atomic E-state index is 12.5. The molecule has 0 bridgehead atoms. The highest BCUT2D eigenvalue weighted by Gasteiger charge is 2.42. The standard InChI is InChI=1S/C21H23NO3/c1-2-25-20(23)19-17(15-9-5-3-6-10-15)13-21(24,14-18(19)22)16-11-7-4-8-12-16/h3-12,17,24H,2,13-14,22H2,1H3/t17-,21+/m1/s1. The van der Waals surface area contributed by atoms with Gasteiger partial charge in [-0.15, -0.1) is 0 Å². The van der Waals surface area contributed by atoms with Crippen molar-refractivity contribution in [3.63, 3.8) is 0 Å². The van der Waals surface area contributed by atoms with Gasteiger partial charge < -0.3 is 15.6 Å². The lowest BCUT2D eigenvalue weighted by Crippen LogP contribution is -2.37. The summed E-state index contributed by atoms with van der Waals surface area (Å²) in [4.78, 5) is 12.5. The monoisotopic (exact) mass is 337 g/mol. The second-order valence-corrected chi connectivity index (χ2v) is 6.40. The lowest BCUT2D eigenvalue weighted by molar-refractivity contribution is -0.139. The van der Waals surface area contributed by atoms with Gasteiger partial charge in [0, 0.05) is 18.0 Å². The SMILES string of the molecule is CCOC(=O)C1=C(N)C[C@](O)(c2ccccc2)C[C@@H]1c1ccccc1. The zero-order chi connectivity index (χ0) is 17.9. The Hall–Kier alpha value is -2.59. The summed E-state index contributed by atoms with van der Waals surface area (Å²) in [6.45, 7) is 2.06. The van der Waals surface area contributed by atoms with Gasteiger partial charge in [-0.3, -0.25) is 0 Å². The summed E-state index contributed by atoms with van der Waals surface area (Å²) in [6, 6.07) is 19.2. The van der Waals surface area contributed by atoms with E-state index in [0.717, 1.165) is 11.1 Å². The lowest BCUT2D eigenvalue weighted by atomic mass is 9.71. The molecule has 3 rings (SSSR count). The van der Waals surface area contributed by atoms with Gasteiger partial charge in [-0.1, -0.05) is 60.7 Å². The Morgan fingerprint density at radius 1 is 1.16 bits per heavy atom. The van der Waals surface area contributed by atoms with Gasteiger partial charge in [-0.2, -0.15) is 0 Å². The van der Waals surface area contributed by atoms with Crippen molar-refractivity contribution in [2.45, 2.75) is 31.3 Å². The molecule has 0 fully saturated rings. The van der Waals surface area contributed by atoms with Crippen molar-refractivity contribution in [3.8, 4) is 0 Å². The van der Waals surface area contributed by atoms with Gasteiger partial charge in [0.25, 0.3) is 0 Å². The Morgan fingerprint density at radius 3 is 2.36 bits per heavy atom. The Kier molecular flexibility index (Phi) is 4.91. The number of carbonyl (C=O) groups excluding carboxylic acids is 1. The van der Waals surface area contributed by atoms with Crippen molar-refractivity contribution < 1.29 is 14.6 Å². The highest BCUT2D eigenvalue weighted by molar-refractivity contribution is 5.91. The van der Waals surface area contributed by atoms with Crippen LogP contribution in [-0.4, -0.2) is 17.7 Å². The molecule has 0 saturated heterocycles. The highest BCUT2D eigenvalue weighted by Crippen LogP contribution is 2.46. The van der Waals surface area contributed by atoms with Crippen LogP contribution in [0.25, 0.3) is 0 Å². The number of hydrogen-bond acceptors (Lipinski definition) is 4. The average molecular weight is 337 g/mol. The number of ether oxygens (including phenoxy) is 1. The zero-order valence-corrected chi connectivity index (χ0v) is 14.3. The minimum Gasteiger partial charge on any atom is -0.463 e. The van der Waals surface area contributed by atoms with Gasteiger partial charge in [0.1, 0.15) is 0 Å². The summed E-state index contributed by atoms with van der Waals surface area (Å²) in [5, 5.41) is 11.3. The second kappa shape index (κ2) is 7.11. The topological polar surface area (TPSA) is 72.5 Å². The number of nitrogens with two attached hydrogens (primary N) is 1. The van der Waals surface area contributed by atoms with Crippen LogP contribution in [0.2, 0.25) is 0 Å². The fourth-order valence-corrected chi connectivity index (χ4v) is 3.57. The number of hydrogen-bond donors (Lipinski definition) is 2. The molecule has 25 heavy (non-hydrogen) atoms. The lowest BCUT2D eigenvalue weighted by Gasteiger charge is -2.38. The van der Waals surface area contributed by atoms with E-state index in [-0.39, 0.29) is 12.3 Å². The van der Waals surface area contributed by atoms with E-state index in [1.807, 2.05) is 60.7 Å². The fraction of sp³-hybridized carbons (Fsp3) is 0.286. The first-order valence-electron chi connectivity index (χ1n) is 8.53. The summed E-state index contributed by atoms with van der Waals surface area (Å²) in [7, 11) is 0. The van der Waals surface area contributed by atoms with Crippen molar-refractivity contribution in [2.75, 3.05) is 6.61 Å². The van der Waals surface area contributed by atoms with E-state index >= 15 is 0 Å². The third kappa shape index (κ3) is 3.44. The maximum Gasteiger partial charge on any atom is 0.336 e. The molecule has 130 valence electrons. The molecule has 0 saturated carbocycles. The summed E-state index contributed by atoms with van der Waals surface area (Å²) in [5.41, 5.74) is 7.77. The molecule has 2 atom stereocenters. The van der Waals surface area contributed by atoms with E-state index in [0.29, 0.717) is 24.3 Å². The molecule has 0 amide bonds. The van der Waals surface area contributed by atoms with Crippen LogP contribution < -0.4 is 5.73 Å². The van der Waals surface area contributed by atoms with Gasteiger partial charge in [-0.05, 0) is 24.5 Å². The Bertz CT molecular complexity index is 770. The third-order valence-electron chi connectivity index (χ3n) is 4.73. The molecule has 2 aromatic carbocycles. The number of benzene rings is 2. The van der Waals surface area contributed by atoms with E-state index in [2.05, 4.69) is 0 Å². The highest BCUT2D eigenvalue weighted by atomic mass is 16.5. The molecule has 0 spiro atoms. The van der Waals surface area contributed by atoms with E-state index in [9.17, 15) is 9.90 Å². The van der Waals surface area contributed by atoms with E-state index < -0.39 is 11.6 Å². The Labute approximate surface area is 147 Å². The van der Waals surface area contributed by atoms with Crippen LogP contribution in [0.5, 0.6) is 0 Å². The molecule has 0 heterocycles. The summed E-state index contributed by atoms with van der Waals surface area (Å²) >= 11 is 0. The molecule has 1 aliphatic rings. The second-order valence-electron chi connectivity index (χ2n) is 6.40. The first-order valence-corrected chi connectivity index (χ1v) is 8.53. The third-order valence-corrected chi connectivity index (χ3v) is 4.73. The minimum atomic E-state index is -1.11. The minimum absolute atomic E-state index is 0.217. The zero-order valence-electron chi connectivity index (χ0n) is 14.3. The maximum absolute atomic E-state index is 12.5. The Morgan fingerprint density at radius 2 is 1.76 bits per heavy atom. The van der Waals surface area contributed by atoms with Crippen LogP contribution in [0.3, 0.4) is 0 Å². The van der Waals surface area contributed by atoms with Crippen LogP contribution in [0.4, 0.5) is 0 Å². The van der Waals surface area contributed by atoms with Crippen LogP contribution in [0.1, 0.15) is 36.8 Å². The summed E-state index contributed by atoms with van der Waals surface area (Å²) in [6.07, 6.45) is 0.602. The molecule has 3 N–H and O–H groups in total. The molecule has 0 radical (unpaired) electrons. The molecule has 2 aromatic rings. The Balaban J connectivity index is 2.07. The molecule has 4 nitrogen and oxygen atoms in total. The first kappa shape index (κ1) is 17.2. The fourth-order valence-electron chi connectivity index (χ4n) is 3.57. The van der Waals surface area contributed by atoms with Gasteiger partial charge in [0.05, 0.1) is 17.8 Å². The molecule has 0 aliphatic heterocycles. The van der Waals surface area contributed by atoms with E-state index in [4.69, 9.17) is 10.5 Å². The van der Waals surface area contributed by atoms with Crippen LogP contribution in [-0.2, 0) is 15.1 Å². The number of rotatable bonds is 4. The summed E-state index contributed by atoms with van der Waals surface area (Å²) in [5.74, 6) is -0.705. The van der Waals surface area contributed by atoms with Gasteiger partial charge >= 0.3 is 5.97 Å². The molecule has 4 heteroatoms. The first-order chi connectivity index (χ1) is 12.0. The largest absolute Gasteiger partial charge is 0.463 e. The van der Waals surface area contributed by atoms with Gasteiger partial charge in [-0.25, -0.2) is 4.79 Å². The molecule has 1 aliphatic carbocycles. The predicted molar refractivity (Wildman–Crippen MR) is 96.6 cm³/mol. The van der Waals surface area contributed by atoms with Gasteiger partial charge in [0.2, 0.25) is 0 Å². The van der Waals surface area contributed by atoms with Crippen LogP contribution in [0.15, 0.2) is 71.9 Å². The summed E-state index contributed by atoms with van der Waals surface area (Å²) < 4.78 is 5.22. The van der Waals surface area contributed by atoms with Gasteiger partial charge in [0.15, 0.2) is 0 Å². The average Bonchev–Trinajstić information content (AvgIpc) is 2.63. The molecule has 0 unspecified atom stereocenters. The quantitative estimate of drug-likeness (QED) is 0.840. The van der Waals surface area contributed by atoms with Crippen molar-refractivity contribution in [2.24, 2.45) is 5.73 Å². The number of esters is 1. The predicted octanol–water partition coefficient (Wildman–Crippen LogP) is 3.23. The molecular weight excluding hydrogens is 314 g/mol. The van der Waals surface area contributed by atoms with Crippen molar-refractivity contribution >= 4 is 5.97 Å². The molecular formula is C21H23NO3. The number of carbonyl (C=O) groups is 1. The normalized spacial score (nSPS) is 23.4. The van der Waals surface area contributed by atoms with Crippen molar-refractivity contribution in [1.29, 1.82) is 0 Å². The van der Waals surface area contributed by atoms with Crippen LogP contribution >= 0.6 is 0 Å². The van der Waals surface area contributed by atoms with Crippen LogP contribution in [0, 0.1) is 0 Å². The van der Waals surface area contributed by atoms with Crippen molar-refractivity contribution in [3.05, 3.63) is 83.1 Å². The van der Waals surface area contributed by atoms with Crippen molar-refractivity contribution in [1.82, 2.24) is 0 Å². The smallest absolute Gasteiger partial charge is 0.336 e. The van der Waals surface area contributed by atoms with E-state index in [1.54, 1.807) is 6.92 Å².